The summed E-state index contributed by atoms with van der Waals surface area (Å²) in [6.07, 6.45) is 2.51. The van der Waals surface area contributed by atoms with Crippen molar-refractivity contribution >= 4 is 22.4 Å². The van der Waals surface area contributed by atoms with E-state index in [4.69, 9.17) is 4.74 Å². The second-order valence-electron chi connectivity index (χ2n) is 5.51. The van der Waals surface area contributed by atoms with E-state index in [1.807, 2.05) is 30.3 Å². The summed E-state index contributed by atoms with van der Waals surface area (Å²) >= 11 is 0. The van der Waals surface area contributed by atoms with Gasteiger partial charge in [0.1, 0.15) is 0 Å². The summed E-state index contributed by atoms with van der Waals surface area (Å²) in [6.45, 7) is 0.629. The largest absolute Gasteiger partial charge is 0.373 e. The normalized spacial score (nSPS) is 18.0. The highest BCUT2D eigenvalue weighted by Gasteiger charge is 2.23. The standard InChI is InChI=1S/C18H19NO3S/c1-23(21)17-9-5-4-8-15(17)19-18(20)12-16-14-7-3-2-6-13(14)10-11-22-16/h2-9,16H,10-12H2,1H3,(H,19,20)/t16-,23+/m1/s1. The highest BCUT2D eigenvalue weighted by molar-refractivity contribution is 7.84. The van der Waals surface area contributed by atoms with E-state index in [1.165, 1.54) is 5.56 Å². The minimum Gasteiger partial charge on any atom is -0.373 e. The van der Waals surface area contributed by atoms with Crippen LogP contribution in [0.2, 0.25) is 0 Å². The second kappa shape index (κ2) is 7.06. The first kappa shape index (κ1) is 15.9. The number of benzene rings is 2. The van der Waals surface area contributed by atoms with Crippen molar-refractivity contribution in [1.29, 1.82) is 0 Å². The summed E-state index contributed by atoms with van der Waals surface area (Å²) < 4.78 is 17.5. The molecular formula is C18H19NO3S. The number of amides is 1. The Labute approximate surface area is 138 Å². The molecule has 2 aromatic carbocycles. The fourth-order valence-electron chi connectivity index (χ4n) is 2.84. The monoisotopic (exact) mass is 329 g/mol. The van der Waals surface area contributed by atoms with Crippen LogP contribution in [0.4, 0.5) is 5.69 Å². The quantitative estimate of drug-likeness (QED) is 0.938. The number of anilines is 1. The molecule has 0 saturated heterocycles. The lowest BCUT2D eigenvalue weighted by Gasteiger charge is -2.25. The van der Waals surface area contributed by atoms with Gasteiger partial charge in [-0.1, -0.05) is 36.4 Å². The Bertz CT molecular complexity index is 745. The molecular weight excluding hydrogens is 310 g/mol. The number of para-hydroxylation sites is 1. The van der Waals surface area contributed by atoms with Gasteiger partial charge >= 0.3 is 0 Å². The molecule has 1 heterocycles. The van der Waals surface area contributed by atoms with Gasteiger partial charge in [-0.25, -0.2) is 0 Å². The molecule has 0 spiro atoms. The molecule has 120 valence electrons. The number of carbonyl (C=O) groups is 1. The molecule has 1 N–H and O–H groups in total. The van der Waals surface area contributed by atoms with Crippen LogP contribution in [0.25, 0.3) is 0 Å². The van der Waals surface area contributed by atoms with Gasteiger partial charge in [-0.05, 0) is 29.7 Å². The molecule has 1 aliphatic heterocycles. The maximum atomic E-state index is 12.4. The third kappa shape index (κ3) is 3.68. The van der Waals surface area contributed by atoms with Crippen LogP contribution in [0.15, 0.2) is 53.4 Å². The van der Waals surface area contributed by atoms with Crippen molar-refractivity contribution < 1.29 is 13.7 Å². The topological polar surface area (TPSA) is 55.4 Å². The predicted octanol–water partition coefficient (Wildman–Crippen LogP) is 3.07. The molecule has 0 radical (unpaired) electrons. The average Bonchev–Trinajstić information content (AvgIpc) is 2.55. The Balaban J connectivity index is 1.73. The molecule has 1 amide bonds. The fourth-order valence-corrected chi connectivity index (χ4v) is 3.53. The van der Waals surface area contributed by atoms with Gasteiger partial charge in [0.05, 0.1) is 40.5 Å². The van der Waals surface area contributed by atoms with Crippen LogP contribution in [0.3, 0.4) is 0 Å². The third-order valence-corrected chi connectivity index (χ3v) is 4.91. The van der Waals surface area contributed by atoms with Crippen molar-refractivity contribution in [2.75, 3.05) is 18.2 Å². The molecule has 4 nitrogen and oxygen atoms in total. The summed E-state index contributed by atoms with van der Waals surface area (Å²) in [5, 5.41) is 2.86. The van der Waals surface area contributed by atoms with E-state index in [2.05, 4.69) is 11.4 Å². The molecule has 5 heteroatoms. The van der Waals surface area contributed by atoms with Gasteiger partial charge < -0.3 is 10.1 Å². The van der Waals surface area contributed by atoms with Gasteiger partial charge in [0.15, 0.2) is 0 Å². The van der Waals surface area contributed by atoms with Crippen molar-refractivity contribution in [3.05, 3.63) is 59.7 Å². The van der Waals surface area contributed by atoms with Gasteiger partial charge in [-0.2, -0.15) is 0 Å². The van der Waals surface area contributed by atoms with Crippen molar-refractivity contribution in [1.82, 2.24) is 0 Å². The molecule has 23 heavy (non-hydrogen) atoms. The van der Waals surface area contributed by atoms with Crippen molar-refractivity contribution in [2.24, 2.45) is 0 Å². The zero-order valence-electron chi connectivity index (χ0n) is 13.0. The number of nitrogens with one attached hydrogen (secondary N) is 1. The van der Waals surface area contributed by atoms with Gasteiger partial charge in [0, 0.05) is 6.26 Å². The number of hydrogen-bond donors (Lipinski definition) is 1. The third-order valence-electron chi connectivity index (χ3n) is 3.93. The Morgan fingerprint density at radius 1 is 1.22 bits per heavy atom. The Kier molecular flexibility index (Phi) is 4.88. The maximum Gasteiger partial charge on any atom is 0.227 e. The Hall–Kier alpha value is -1.98. The predicted molar refractivity (Wildman–Crippen MR) is 90.9 cm³/mol. The Morgan fingerprint density at radius 2 is 1.96 bits per heavy atom. The van der Waals surface area contributed by atoms with Gasteiger partial charge in [0.25, 0.3) is 0 Å². The first-order chi connectivity index (χ1) is 11.1. The van der Waals surface area contributed by atoms with Gasteiger partial charge in [-0.15, -0.1) is 0 Å². The summed E-state index contributed by atoms with van der Waals surface area (Å²) in [5.41, 5.74) is 2.93. The number of rotatable bonds is 4. The van der Waals surface area contributed by atoms with E-state index in [9.17, 15) is 9.00 Å². The summed E-state index contributed by atoms with van der Waals surface area (Å²) in [5.74, 6) is -0.135. The maximum absolute atomic E-state index is 12.4. The SMILES string of the molecule is C[S@](=O)c1ccccc1NC(=O)C[C@H]1OCCc2ccccc21. The van der Waals surface area contributed by atoms with Crippen LogP contribution in [-0.4, -0.2) is 23.0 Å². The smallest absolute Gasteiger partial charge is 0.227 e. The lowest BCUT2D eigenvalue weighted by atomic mass is 9.95. The summed E-state index contributed by atoms with van der Waals surface area (Å²) in [6, 6.07) is 15.2. The summed E-state index contributed by atoms with van der Waals surface area (Å²) in [7, 11) is -1.15. The van der Waals surface area contributed by atoms with Crippen LogP contribution in [0, 0.1) is 0 Å². The minimum absolute atomic E-state index is 0.135. The number of carbonyl (C=O) groups excluding carboxylic acids is 1. The molecule has 2 atom stereocenters. The van der Waals surface area contributed by atoms with Crippen LogP contribution in [0.1, 0.15) is 23.7 Å². The molecule has 0 fully saturated rings. The van der Waals surface area contributed by atoms with Crippen LogP contribution < -0.4 is 5.32 Å². The van der Waals surface area contributed by atoms with E-state index < -0.39 is 10.8 Å². The van der Waals surface area contributed by atoms with Crippen molar-refractivity contribution in [2.45, 2.75) is 23.8 Å². The number of hydrogen-bond acceptors (Lipinski definition) is 3. The molecule has 0 aliphatic carbocycles. The Morgan fingerprint density at radius 3 is 2.78 bits per heavy atom. The fraction of sp³-hybridized carbons (Fsp3) is 0.278. The number of ether oxygens (including phenoxy) is 1. The lowest BCUT2D eigenvalue weighted by Crippen LogP contribution is -2.22. The molecule has 0 unspecified atom stereocenters. The van der Waals surface area contributed by atoms with Crippen LogP contribution in [0.5, 0.6) is 0 Å². The highest BCUT2D eigenvalue weighted by atomic mass is 32.2. The van der Waals surface area contributed by atoms with Gasteiger partial charge in [0.2, 0.25) is 5.91 Å². The van der Waals surface area contributed by atoms with Gasteiger partial charge in [-0.3, -0.25) is 9.00 Å². The number of fused-ring (bicyclic) bond motifs is 1. The van der Waals surface area contributed by atoms with E-state index in [0.717, 1.165) is 12.0 Å². The molecule has 1 aliphatic rings. The molecule has 3 rings (SSSR count). The molecule has 2 aromatic rings. The van der Waals surface area contributed by atoms with Crippen molar-refractivity contribution in [3.63, 3.8) is 0 Å². The second-order valence-corrected chi connectivity index (χ2v) is 6.86. The molecule has 0 aromatic heterocycles. The minimum atomic E-state index is -1.15. The average molecular weight is 329 g/mol. The van der Waals surface area contributed by atoms with Crippen LogP contribution >= 0.6 is 0 Å². The zero-order valence-corrected chi connectivity index (χ0v) is 13.8. The van der Waals surface area contributed by atoms with E-state index >= 15 is 0 Å². The van der Waals surface area contributed by atoms with Crippen molar-refractivity contribution in [3.8, 4) is 0 Å². The van der Waals surface area contributed by atoms with E-state index in [-0.39, 0.29) is 18.4 Å². The molecule has 0 saturated carbocycles. The lowest BCUT2D eigenvalue weighted by molar-refractivity contribution is -0.119. The highest BCUT2D eigenvalue weighted by Crippen LogP contribution is 2.30. The molecule has 0 bridgehead atoms. The summed E-state index contributed by atoms with van der Waals surface area (Å²) in [4.78, 5) is 13.0. The zero-order chi connectivity index (χ0) is 16.2. The first-order valence-corrected chi connectivity index (χ1v) is 9.12. The van der Waals surface area contributed by atoms with E-state index in [0.29, 0.717) is 17.2 Å². The van der Waals surface area contributed by atoms with Crippen LogP contribution in [-0.2, 0) is 26.8 Å². The first-order valence-electron chi connectivity index (χ1n) is 7.57. The van der Waals surface area contributed by atoms with E-state index in [1.54, 1.807) is 18.4 Å².